The first kappa shape index (κ1) is 18.2. The first-order valence-corrected chi connectivity index (χ1v) is 10.3. The lowest BCUT2D eigenvalue weighted by Gasteiger charge is -2.24. The van der Waals surface area contributed by atoms with E-state index in [0.29, 0.717) is 18.4 Å². The van der Waals surface area contributed by atoms with Gasteiger partial charge >= 0.3 is 0 Å². The second-order valence-corrected chi connectivity index (χ2v) is 7.81. The van der Waals surface area contributed by atoms with Crippen LogP contribution in [0.5, 0.6) is 0 Å². The lowest BCUT2D eigenvalue weighted by atomic mass is 10.2. The van der Waals surface area contributed by atoms with Crippen molar-refractivity contribution in [2.75, 3.05) is 31.1 Å². The Hall–Kier alpha value is -2.80. The van der Waals surface area contributed by atoms with E-state index in [4.69, 9.17) is 4.52 Å². The van der Waals surface area contributed by atoms with E-state index in [9.17, 15) is 4.39 Å². The predicted octanol–water partition coefficient (Wildman–Crippen LogP) is 3.86. The quantitative estimate of drug-likeness (QED) is 0.656. The van der Waals surface area contributed by atoms with E-state index in [-0.39, 0.29) is 5.82 Å². The highest BCUT2D eigenvalue weighted by Gasteiger charge is 2.30. The number of hydrogen-bond acceptors (Lipinski definition) is 6. The van der Waals surface area contributed by atoms with Crippen molar-refractivity contribution in [3.8, 4) is 11.5 Å². The normalized spacial score (nSPS) is 18.0. The molecule has 5 rings (SSSR count). The highest BCUT2D eigenvalue weighted by atomic mass is 19.1. The van der Waals surface area contributed by atoms with Gasteiger partial charge in [0.1, 0.15) is 11.6 Å². The molecule has 3 aromatic rings. The standard InChI is InChI=1S/C22H24FN5O/c23-19-7-2-1-5-17(19)15-27-11-4-12-28(14-13-27)21-18(6-3-10-24-21)22-25-20(26-29-22)16-8-9-16/h1-3,5-7,10,16H,4,8-9,11-15H2. The number of benzene rings is 1. The van der Waals surface area contributed by atoms with Gasteiger partial charge in [-0.25, -0.2) is 9.37 Å². The summed E-state index contributed by atoms with van der Waals surface area (Å²) in [5.74, 6) is 2.55. The van der Waals surface area contributed by atoms with Crippen molar-refractivity contribution in [3.05, 3.63) is 59.8 Å². The second-order valence-electron chi connectivity index (χ2n) is 7.81. The molecule has 1 aliphatic heterocycles. The zero-order chi connectivity index (χ0) is 19.6. The van der Waals surface area contributed by atoms with Crippen molar-refractivity contribution in [1.82, 2.24) is 20.0 Å². The molecular weight excluding hydrogens is 369 g/mol. The molecule has 0 unspecified atom stereocenters. The molecule has 1 saturated carbocycles. The van der Waals surface area contributed by atoms with E-state index in [0.717, 1.165) is 68.2 Å². The van der Waals surface area contributed by atoms with Gasteiger partial charge in [-0.15, -0.1) is 0 Å². The maximum Gasteiger partial charge on any atom is 0.261 e. The van der Waals surface area contributed by atoms with E-state index in [2.05, 4.69) is 24.9 Å². The first-order chi connectivity index (χ1) is 14.3. The summed E-state index contributed by atoms with van der Waals surface area (Å²) in [7, 11) is 0. The summed E-state index contributed by atoms with van der Waals surface area (Å²) in [5.41, 5.74) is 1.63. The highest BCUT2D eigenvalue weighted by molar-refractivity contribution is 5.69. The fraction of sp³-hybridized carbons (Fsp3) is 0.409. The van der Waals surface area contributed by atoms with E-state index in [1.54, 1.807) is 12.3 Å². The lowest BCUT2D eigenvalue weighted by Crippen LogP contribution is -2.31. The van der Waals surface area contributed by atoms with Gasteiger partial charge < -0.3 is 9.42 Å². The Morgan fingerprint density at radius 2 is 1.93 bits per heavy atom. The number of aromatic nitrogens is 3. The molecule has 2 fully saturated rings. The summed E-state index contributed by atoms with van der Waals surface area (Å²) >= 11 is 0. The Kier molecular flexibility index (Phi) is 4.97. The van der Waals surface area contributed by atoms with Crippen molar-refractivity contribution in [1.29, 1.82) is 0 Å². The van der Waals surface area contributed by atoms with Gasteiger partial charge in [-0.05, 0) is 37.5 Å². The molecule has 0 N–H and O–H groups in total. The lowest BCUT2D eigenvalue weighted by molar-refractivity contribution is 0.281. The molecule has 29 heavy (non-hydrogen) atoms. The van der Waals surface area contributed by atoms with Crippen LogP contribution in [0, 0.1) is 5.82 Å². The fourth-order valence-corrected chi connectivity index (χ4v) is 3.88. The summed E-state index contributed by atoms with van der Waals surface area (Å²) in [6.45, 7) is 4.12. The van der Waals surface area contributed by atoms with Gasteiger partial charge in [0.2, 0.25) is 0 Å². The van der Waals surface area contributed by atoms with E-state index < -0.39 is 0 Å². The summed E-state index contributed by atoms with van der Waals surface area (Å²) in [5, 5.41) is 4.15. The Morgan fingerprint density at radius 1 is 1.03 bits per heavy atom. The average molecular weight is 393 g/mol. The van der Waals surface area contributed by atoms with E-state index in [1.807, 2.05) is 24.3 Å². The van der Waals surface area contributed by atoms with Gasteiger partial charge in [-0.1, -0.05) is 23.4 Å². The van der Waals surface area contributed by atoms with Gasteiger partial charge in [0.05, 0.1) is 5.56 Å². The summed E-state index contributed by atoms with van der Waals surface area (Å²) < 4.78 is 19.6. The number of halogens is 1. The van der Waals surface area contributed by atoms with Crippen molar-refractivity contribution in [2.24, 2.45) is 0 Å². The smallest absolute Gasteiger partial charge is 0.261 e. The third-order valence-corrected chi connectivity index (χ3v) is 5.64. The molecule has 2 aliphatic rings. The molecule has 0 bridgehead atoms. The van der Waals surface area contributed by atoms with Crippen LogP contribution < -0.4 is 4.90 Å². The molecule has 0 amide bonds. The molecule has 6 nitrogen and oxygen atoms in total. The minimum Gasteiger partial charge on any atom is -0.355 e. The van der Waals surface area contributed by atoms with Crippen molar-refractivity contribution >= 4 is 5.82 Å². The van der Waals surface area contributed by atoms with Gasteiger partial charge in [-0.2, -0.15) is 4.98 Å². The Bertz CT molecular complexity index is 987. The van der Waals surface area contributed by atoms with E-state index >= 15 is 0 Å². The molecule has 0 atom stereocenters. The molecule has 2 aromatic heterocycles. The molecule has 1 aliphatic carbocycles. The third kappa shape index (κ3) is 4.00. The number of anilines is 1. The minimum atomic E-state index is -0.136. The van der Waals surface area contributed by atoms with Gasteiger partial charge in [0.25, 0.3) is 5.89 Å². The molecular formula is C22H24FN5O. The second kappa shape index (κ2) is 7.91. The predicted molar refractivity (Wildman–Crippen MR) is 108 cm³/mol. The number of nitrogens with zero attached hydrogens (tertiary/aromatic N) is 5. The third-order valence-electron chi connectivity index (χ3n) is 5.64. The maximum absolute atomic E-state index is 14.0. The molecule has 150 valence electrons. The van der Waals surface area contributed by atoms with E-state index in [1.165, 1.54) is 6.07 Å². The van der Waals surface area contributed by atoms with Gasteiger partial charge in [0, 0.05) is 50.4 Å². The zero-order valence-corrected chi connectivity index (χ0v) is 16.3. The number of hydrogen-bond donors (Lipinski definition) is 0. The van der Waals surface area contributed by atoms with Crippen molar-refractivity contribution in [3.63, 3.8) is 0 Å². The van der Waals surface area contributed by atoms with Crippen LogP contribution in [0.25, 0.3) is 11.5 Å². The van der Waals surface area contributed by atoms with Gasteiger partial charge in [0.15, 0.2) is 5.82 Å². The SMILES string of the molecule is Fc1ccccc1CN1CCCN(c2ncccc2-c2nc(C3CC3)no2)CC1. The molecule has 7 heteroatoms. The Balaban J connectivity index is 1.32. The van der Waals surface area contributed by atoms with Crippen molar-refractivity contribution in [2.45, 2.75) is 31.7 Å². The van der Waals surface area contributed by atoms with Gasteiger partial charge in [-0.3, -0.25) is 4.90 Å². The molecule has 0 radical (unpaired) electrons. The minimum absolute atomic E-state index is 0.136. The monoisotopic (exact) mass is 393 g/mol. The molecule has 0 spiro atoms. The fourth-order valence-electron chi connectivity index (χ4n) is 3.88. The summed E-state index contributed by atoms with van der Waals surface area (Å²) in [6, 6.07) is 10.9. The molecule has 1 aromatic carbocycles. The van der Waals surface area contributed by atoms with Crippen LogP contribution in [0.1, 0.15) is 36.6 Å². The Labute approximate surface area is 169 Å². The summed E-state index contributed by atoms with van der Waals surface area (Å²) in [4.78, 5) is 13.8. The van der Waals surface area contributed by atoms with Crippen LogP contribution in [0.15, 0.2) is 47.1 Å². The number of rotatable bonds is 5. The van der Waals surface area contributed by atoms with Crippen LogP contribution in [-0.4, -0.2) is 46.2 Å². The molecule has 1 saturated heterocycles. The first-order valence-electron chi connectivity index (χ1n) is 10.3. The number of pyridine rings is 1. The molecule has 3 heterocycles. The summed E-state index contributed by atoms with van der Waals surface area (Å²) in [6.07, 6.45) is 5.08. The zero-order valence-electron chi connectivity index (χ0n) is 16.3. The van der Waals surface area contributed by atoms with Crippen LogP contribution in [0.3, 0.4) is 0 Å². The van der Waals surface area contributed by atoms with Crippen molar-refractivity contribution < 1.29 is 8.91 Å². The highest BCUT2D eigenvalue weighted by Crippen LogP contribution is 2.39. The topological polar surface area (TPSA) is 58.3 Å². The van der Waals surface area contributed by atoms with Crippen LogP contribution >= 0.6 is 0 Å². The van der Waals surface area contributed by atoms with Crippen LogP contribution in [0.2, 0.25) is 0 Å². The maximum atomic E-state index is 14.0. The Morgan fingerprint density at radius 3 is 2.79 bits per heavy atom. The van der Waals surface area contributed by atoms with Crippen LogP contribution in [0.4, 0.5) is 10.2 Å². The largest absolute Gasteiger partial charge is 0.355 e. The van der Waals surface area contributed by atoms with Crippen LogP contribution in [-0.2, 0) is 6.54 Å². The average Bonchev–Trinajstić information content (AvgIpc) is 3.53.